The first-order valence-corrected chi connectivity index (χ1v) is 15.7. The smallest absolute Gasteiger partial charge is 0.251 e. The Morgan fingerprint density at radius 1 is 1.05 bits per heavy atom. The lowest BCUT2D eigenvalue weighted by molar-refractivity contribution is -0.00557. The van der Waals surface area contributed by atoms with Crippen molar-refractivity contribution in [3.05, 3.63) is 72.2 Å². The number of anilines is 1. The second-order valence-electron chi connectivity index (χ2n) is 10.7. The van der Waals surface area contributed by atoms with Crippen LogP contribution in [0.4, 0.5) is 5.82 Å². The Morgan fingerprint density at radius 3 is 2.53 bits per heavy atom. The molecular formula is C31H31N5O6S. The van der Waals surface area contributed by atoms with Crippen LogP contribution < -0.4 is 15.0 Å². The van der Waals surface area contributed by atoms with Gasteiger partial charge in [0.25, 0.3) is 5.91 Å². The monoisotopic (exact) mass is 601 g/mol. The molecule has 5 aromatic rings. The number of carbonyl (C=O) groups excluding carboxylic acids is 1. The number of hydrogen-bond acceptors (Lipinski definition) is 10. The molecule has 11 nitrogen and oxygen atoms in total. The van der Waals surface area contributed by atoms with Crippen molar-refractivity contribution >= 4 is 43.4 Å². The summed E-state index contributed by atoms with van der Waals surface area (Å²) in [6, 6.07) is 14.2. The maximum atomic E-state index is 12.9. The van der Waals surface area contributed by atoms with Crippen LogP contribution in [0.2, 0.25) is 0 Å². The molecule has 1 aliphatic rings. The van der Waals surface area contributed by atoms with Crippen LogP contribution in [0.3, 0.4) is 0 Å². The Hall–Kier alpha value is -4.55. The number of sulfone groups is 1. The number of nitrogens with one attached hydrogen (secondary N) is 1. The van der Waals surface area contributed by atoms with E-state index in [0.29, 0.717) is 58.0 Å². The Labute approximate surface area is 248 Å². The topological polar surface area (TPSA) is 137 Å². The fraction of sp³-hybridized carbons (Fsp3) is 0.290. The first-order valence-electron chi connectivity index (χ1n) is 13.8. The predicted molar refractivity (Wildman–Crippen MR) is 162 cm³/mol. The van der Waals surface area contributed by atoms with Crippen molar-refractivity contribution in [2.24, 2.45) is 0 Å². The average molecular weight is 602 g/mol. The summed E-state index contributed by atoms with van der Waals surface area (Å²) < 4.78 is 41.0. The summed E-state index contributed by atoms with van der Waals surface area (Å²) in [5.74, 6) is 1.07. The van der Waals surface area contributed by atoms with E-state index in [-0.39, 0.29) is 29.6 Å². The number of furan rings is 1. The van der Waals surface area contributed by atoms with Crippen molar-refractivity contribution in [2.75, 3.05) is 31.4 Å². The highest BCUT2D eigenvalue weighted by molar-refractivity contribution is 7.91. The molecule has 6 rings (SSSR count). The van der Waals surface area contributed by atoms with Gasteiger partial charge >= 0.3 is 0 Å². The molecule has 0 aliphatic carbocycles. The number of benzene rings is 1. The molecule has 1 N–H and O–H groups in total. The van der Waals surface area contributed by atoms with Crippen LogP contribution in [0.15, 0.2) is 70.3 Å². The molecule has 12 heteroatoms. The van der Waals surface area contributed by atoms with Crippen molar-refractivity contribution in [3.8, 4) is 17.1 Å². The minimum atomic E-state index is -3.51. The lowest BCUT2D eigenvalue weighted by atomic mass is 10.1. The van der Waals surface area contributed by atoms with Crippen LogP contribution >= 0.6 is 0 Å². The zero-order chi connectivity index (χ0) is 30.3. The molecular weight excluding hydrogens is 570 g/mol. The lowest BCUT2D eigenvalue weighted by Crippen LogP contribution is -2.46. The molecule has 1 fully saturated rings. The van der Waals surface area contributed by atoms with Crippen molar-refractivity contribution in [2.45, 2.75) is 37.5 Å². The molecule has 222 valence electrons. The van der Waals surface area contributed by atoms with Gasteiger partial charge in [0.2, 0.25) is 0 Å². The molecule has 0 saturated carbocycles. The average Bonchev–Trinajstić information content (AvgIpc) is 3.43. The molecule has 2 atom stereocenters. The third kappa shape index (κ3) is 5.88. The van der Waals surface area contributed by atoms with Gasteiger partial charge in [0, 0.05) is 41.9 Å². The van der Waals surface area contributed by atoms with E-state index in [1.165, 1.54) is 12.3 Å². The second kappa shape index (κ2) is 11.3. The van der Waals surface area contributed by atoms with E-state index in [1.54, 1.807) is 25.4 Å². The number of amides is 1. The normalized spacial score (nSPS) is 17.3. The van der Waals surface area contributed by atoms with Crippen LogP contribution in [-0.4, -0.2) is 67.9 Å². The van der Waals surface area contributed by atoms with Gasteiger partial charge in [-0.25, -0.2) is 18.4 Å². The van der Waals surface area contributed by atoms with Gasteiger partial charge in [0.1, 0.15) is 16.7 Å². The Kier molecular flexibility index (Phi) is 7.49. The number of morpholine rings is 1. The van der Waals surface area contributed by atoms with E-state index < -0.39 is 9.84 Å². The summed E-state index contributed by atoms with van der Waals surface area (Å²) in [6.45, 7) is 5.66. The van der Waals surface area contributed by atoms with Crippen LogP contribution in [0.1, 0.15) is 29.9 Å². The molecule has 1 aliphatic heterocycles. The Balaban J connectivity index is 1.23. The van der Waals surface area contributed by atoms with Crippen molar-refractivity contribution < 1.29 is 27.1 Å². The highest BCUT2D eigenvalue weighted by Gasteiger charge is 2.26. The Bertz CT molecular complexity index is 1950. The van der Waals surface area contributed by atoms with E-state index >= 15 is 0 Å². The first kappa shape index (κ1) is 28.6. The number of rotatable bonds is 7. The standard InChI is InChI=1S/C31H31N5O6S/c1-18-15-36(16-19(2)42-18)30-28(40-3)10-8-25(35-30)24-7-5-21-13-32-22(12-26(21)34-24)14-33-31(37)20-6-9-27-23(11-20)29(17-41-27)43(4,38)39/h5-13,17-19H,14-16H2,1-4H3,(H,33,37)/t18-,19+. The second-order valence-corrected chi connectivity index (χ2v) is 12.7. The molecule has 1 amide bonds. The molecule has 0 radical (unpaired) electrons. The number of aromatic nitrogens is 3. The molecule has 43 heavy (non-hydrogen) atoms. The number of hydrogen-bond donors (Lipinski definition) is 1. The molecule has 1 saturated heterocycles. The van der Waals surface area contributed by atoms with Crippen LogP contribution in [0.5, 0.6) is 5.75 Å². The quantitative estimate of drug-likeness (QED) is 0.286. The van der Waals surface area contributed by atoms with Crippen LogP contribution in [0, 0.1) is 0 Å². The largest absolute Gasteiger partial charge is 0.493 e. The summed E-state index contributed by atoms with van der Waals surface area (Å²) in [6.07, 6.45) is 4.15. The van der Waals surface area contributed by atoms with E-state index in [0.717, 1.165) is 17.5 Å². The fourth-order valence-electron chi connectivity index (χ4n) is 5.32. The van der Waals surface area contributed by atoms with E-state index in [4.69, 9.17) is 23.9 Å². The SMILES string of the molecule is COc1ccc(-c2ccc3cnc(CNC(=O)c4ccc5occ(S(C)(=O)=O)c5c4)cc3n2)nc1N1C[C@@H](C)O[C@@H](C)C1. The van der Waals surface area contributed by atoms with E-state index in [1.807, 2.05) is 44.2 Å². The highest BCUT2D eigenvalue weighted by Crippen LogP contribution is 2.32. The van der Waals surface area contributed by atoms with Crippen molar-refractivity contribution in [1.29, 1.82) is 0 Å². The van der Waals surface area contributed by atoms with E-state index in [2.05, 4.69) is 15.2 Å². The molecule has 4 aromatic heterocycles. The summed E-state index contributed by atoms with van der Waals surface area (Å²) in [4.78, 5) is 29.4. The fourth-order valence-corrected chi connectivity index (χ4v) is 6.10. The number of nitrogens with zero attached hydrogens (tertiary/aromatic N) is 4. The summed E-state index contributed by atoms with van der Waals surface area (Å²) in [5.41, 5.74) is 3.43. The van der Waals surface area contributed by atoms with Crippen molar-refractivity contribution in [1.82, 2.24) is 20.3 Å². The first-order chi connectivity index (χ1) is 20.6. The van der Waals surface area contributed by atoms with Gasteiger partial charge < -0.3 is 24.1 Å². The minimum Gasteiger partial charge on any atom is -0.493 e. The highest BCUT2D eigenvalue weighted by atomic mass is 32.2. The zero-order valence-electron chi connectivity index (χ0n) is 24.2. The lowest BCUT2D eigenvalue weighted by Gasteiger charge is -2.36. The summed E-state index contributed by atoms with van der Waals surface area (Å²) in [7, 11) is -1.87. The summed E-state index contributed by atoms with van der Waals surface area (Å²) >= 11 is 0. The van der Waals surface area contributed by atoms with Gasteiger partial charge in [-0.15, -0.1) is 0 Å². The number of carbonyl (C=O) groups is 1. The maximum Gasteiger partial charge on any atom is 0.251 e. The number of pyridine rings is 3. The molecule has 0 unspecified atom stereocenters. The third-order valence-electron chi connectivity index (χ3n) is 7.30. The van der Waals surface area contributed by atoms with Gasteiger partial charge in [0.05, 0.1) is 48.5 Å². The van der Waals surface area contributed by atoms with Crippen LogP contribution in [-0.2, 0) is 21.1 Å². The van der Waals surface area contributed by atoms with Crippen LogP contribution in [0.25, 0.3) is 33.3 Å². The molecule has 5 heterocycles. The number of fused-ring (bicyclic) bond motifs is 2. The van der Waals surface area contributed by atoms with Gasteiger partial charge in [-0.3, -0.25) is 9.78 Å². The van der Waals surface area contributed by atoms with Gasteiger partial charge in [-0.05, 0) is 62.4 Å². The van der Waals surface area contributed by atoms with Crippen molar-refractivity contribution in [3.63, 3.8) is 0 Å². The molecule has 1 aromatic carbocycles. The number of methoxy groups -OCH3 is 1. The van der Waals surface area contributed by atoms with Gasteiger partial charge in [-0.1, -0.05) is 0 Å². The van der Waals surface area contributed by atoms with Gasteiger partial charge in [-0.2, -0.15) is 0 Å². The zero-order valence-corrected chi connectivity index (χ0v) is 25.0. The maximum absolute atomic E-state index is 12.9. The minimum absolute atomic E-state index is 0.0442. The summed E-state index contributed by atoms with van der Waals surface area (Å²) in [5, 5.41) is 4.07. The Morgan fingerprint density at radius 2 is 1.79 bits per heavy atom. The molecule has 0 spiro atoms. The van der Waals surface area contributed by atoms with Gasteiger partial charge in [0.15, 0.2) is 21.4 Å². The van der Waals surface area contributed by atoms with E-state index in [9.17, 15) is 13.2 Å². The molecule has 0 bridgehead atoms. The number of ether oxygens (including phenoxy) is 2. The predicted octanol–water partition coefficient (Wildman–Crippen LogP) is 4.39. The third-order valence-corrected chi connectivity index (χ3v) is 8.42.